The van der Waals surface area contributed by atoms with Crippen LogP contribution in [0.2, 0.25) is 0 Å². The van der Waals surface area contributed by atoms with Gasteiger partial charge in [-0.05, 0) is 32.1 Å². The lowest BCUT2D eigenvalue weighted by atomic mass is 10.1. The van der Waals surface area contributed by atoms with Crippen molar-refractivity contribution in [2.24, 2.45) is 0 Å². The standard InChI is InChI=1S/C20H44NO3P/c1-4-5-6-7-8-9-10-11-12-15-18-21(2,3)19-16-13-14-17-20-25(22,23)24/h4-20H2,1-3H3,(H-,22,23,24)/p+1. The van der Waals surface area contributed by atoms with Crippen molar-refractivity contribution in [1.29, 1.82) is 0 Å². The summed E-state index contributed by atoms with van der Waals surface area (Å²) in [6.45, 7) is 4.69. The van der Waals surface area contributed by atoms with Gasteiger partial charge in [-0.3, -0.25) is 4.57 Å². The Morgan fingerprint density at radius 3 is 1.40 bits per heavy atom. The molecule has 25 heavy (non-hydrogen) atoms. The maximum Gasteiger partial charge on any atom is 0.325 e. The third kappa shape index (κ3) is 20.3. The van der Waals surface area contributed by atoms with Crippen LogP contribution < -0.4 is 0 Å². The quantitative estimate of drug-likeness (QED) is 0.182. The highest BCUT2D eigenvalue weighted by molar-refractivity contribution is 7.51. The van der Waals surface area contributed by atoms with Gasteiger partial charge in [0, 0.05) is 6.16 Å². The van der Waals surface area contributed by atoms with Crippen molar-refractivity contribution in [3.8, 4) is 0 Å². The second-order valence-electron chi connectivity index (χ2n) is 8.37. The smallest absolute Gasteiger partial charge is 0.325 e. The van der Waals surface area contributed by atoms with Gasteiger partial charge in [-0.15, -0.1) is 0 Å². The Hall–Kier alpha value is 0.110. The van der Waals surface area contributed by atoms with E-state index in [1.807, 2.05) is 0 Å². The summed E-state index contributed by atoms with van der Waals surface area (Å²) in [5.74, 6) is 0. The monoisotopic (exact) mass is 378 g/mol. The van der Waals surface area contributed by atoms with Gasteiger partial charge < -0.3 is 14.3 Å². The highest BCUT2D eigenvalue weighted by Gasteiger charge is 2.14. The topological polar surface area (TPSA) is 57.5 Å². The largest absolute Gasteiger partial charge is 0.328 e. The van der Waals surface area contributed by atoms with Gasteiger partial charge in [0.05, 0.1) is 27.2 Å². The maximum absolute atomic E-state index is 10.8. The minimum absolute atomic E-state index is 0.0455. The number of unbranched alkanes of at least 4 members (excludes halogenated alkanes) is 12. The predicted molar refractivity (Wildman–Crippen MR) is 109 cm³/mol. The van der Waals surface area contributed by atoms with Gasteiger partial charge in [0.15, 0.2) is 0 Å². The van der Waals surface area contributed by atoms with Crippen LogP contribution in [-0.2, 0) is 4.57 Å². The molecule has 0 saturated heterocycles. The first-order valence-corrected chi connectivity index (χ1v) is 12.4. The molecule has 0 amide bonds. The molecule has 0 radical (unpaired) electrons. The van der Waals surface area contributed by atoms with Crippen molar-refractivity contribution in [3.05, 3.63) is 0 Å². The Kier molecular flexibility index (Phi) is 15.3. The van der Waals surface area contributed by atoms with Gasteiger partial charge in [-0.2, -0.15) is 0 Å². The average Bonchev–Trinajstić information content (AvgIpc) is 2.51. The maximum atomic E-state index is 10.8. The van der Waals surface area contributed by atoms with Gasteiger partial charge in [-0.25, -0.2) is 0 Å². The predicted octanol–water partition coefficient (Wildman–Crippen LogP) is 5.72. The number of hydrogen-bond donors (Lipinski definition) is 2. The molecule has 0 aromatic heterocycles. The van der Waals surface area contributed by atoms with Crippen LogP contribution in [-0.4, -0.2) is 47.6 Å². The Morgan fingerprint density at radius 1 is 0.640 bits per heavy atom. The van der Waals surface area contributed by atoms with E-state index in [1.54, 1.807) is 0 Å². The van der Waals surface area contributed by atoms with Crippen molar-refractivity contribution >= 4 is 7.60 Å². The van der Waals surface area contributed by atoms with Crippen molar-refractivity contribution in [3.63, 3.8) is 0 Å². The minimum atomic E-state index is -3.79. The molecule has 0 saturated carbocycles. The minimum Gasteiger partial charge on any atom is -0.328 e. The molecule has 0 unspecified atom stereocenters. The lowest BCUT2D eigenvalue weighted by Gasteiger charge is -2.30. The van der Waals surface area contributed by atoms with E-state index in [0.717, 1.165) is 23.7 Å². The van der Waals surface area contributed by atoms with Crippen LogP contribution in [0.3, 0.4) is 0 Å². The fourth-order valence-corrected chi connectivity index (χ4v) is 3.99. The fourth-order valence-electron chi connectivity index (χ4n) is 3.35. The van der Waals surface area contributed by atoms with Gasteiger partial charge in [0.2, 0.25) is 0 Å². The molecule has 0 aliphatic carbocycles. The number of rotatable bonds is 18. The Morgan fingerprint density at radius 2 is 1.00 bits per heavy atom. The van der Waals surface area contributed by atoms with Crippen LogP contribution in [0.5, 0.6) is 0 Å². The first-order chi connectivity index (χ1) is 11.8. The number of hydrogen-bond acceptors (Lipinski definition) is 1. The Bertz CT molecular complexity index is 342. The molecule has 0 heterocycles. The van der Waals surface area contributed by atoms with E-state index in [2.05, 4.69) is 21.0 Å². The lowest BCUT2D eigenvalue weighted by molar-refractivity contribution is -0.890. The van der Waals surface area contributed by atoms with Crippen molar-refractivity contribution in [2.45, 2.75) is 96.8 Å². The van der Waals surface area contributed by atoms with Crippen LogP contribution in [0, 0.1) is 0 Å². The van der Waals surface area contributed by atoms with Crippen LogP contribution in [0.1, 0.15) is 96.8 Å². The molecule has 0 aliphatic heterocycles. The molecule has 0 atom stereocenters. The number of nitrogens with zero attached hydrogens (tertiary/aromatic N) is 1. The molecule has 152 valence electrons. The van der Waals surface area contributed by atoms with Crippen LogP contribution in [0.4, 0.5) is 0 Å². The second-order valence-corrected chi connectivity index (χ2v) is 10.1. The summed E-state index contributed by atoms with van der Waals surface area (Å²) >= 11 is 0. The van der Waals surface area contributed by atoms with Gasteiger partial charge in [0.25, 0.3) is 0 Å². The van der Waals surface area contributed by atoms with E-state index in [4.69, 9.17) is 9.79 Å². The molecule has 0 rings (SSSR count). The Labute approximate surface area is 157 Å². The molecule has 0 bridgehead atoms. The molecule has 4 nitrogen and oxygen atoms in total. The van der Waals surface area contributed by atoms with E-state index in [1.165, 1.54) is 77.3 Å². The summed E-state index contributed by atoms with van der Waals surface area (Å²) in [7, 11) is 0.833. The zero-order valence-electron chi connectivity index (χ0n) is 17.2. The summed E-state index contributed by atoms with van der Waals surface area (Å²) in [5, 5.41) is 0. The van der Waals surface area contributed by atoms with Gasteiger partial charge >= 0.3 is 7.60 Å². The number of quaternary nitrogens is 1. The first-order valence-electron chi connectivity index (χ1n) is 10.6. The molecule has 0 fully saturated rings. The highest BCUT2D eigenvalue weighted by Crippen LogP contribution is 2.35. The van der Waals surface area contributed by atoms with E-state index < -0.39 is 7.60 Å². The molecule has 2 N–H and O–H groups in total. The van der Waals surface area contributed by atoms with E-state index in [-0.39, 0.29) is 6.16 Å². The molecule has 0 aliphatic rings. The van der Waals surface area contributed by atoms with E-state index in [0.29, 0.717) is 6.42 Å². The van der Waals surface area contributed by atoms with Crippen molar-refractivity contribution in [1.82, 2.24) is 0 Å². The van der Waals surface area contributed by atoms with E-state index >= 15 is 0 Å². The van der Waals surface area contributed by atoms with Crippen molar-refractivity contribution in [2.75, 3.05) is 33.3 Å². The summed E-state index contributed by atoms with van der Waals surface area (Å²) in [6, 6.07) is 0. The van der Waals surface area contributed by atoms with Crippen molar-refractivity contribution < 1.29 is 18.8 Å². The third-order valence-corrected chi connectivity index (χ3v) is 5.98. The van der Waals surface area contributed by atoms with Crippen LogP contribution in [0.15, 0.2) is 0 Å². The van der Waals surface area contributed by atoms with Crippen LogP contribution >= 0.6 is 7.60 Å². The lowest BCUT2D eigenvalue weighted by Crippen LogP contribution is -2.41. The molecular weight excluding hydrogens is 333 g/mol. The molecule has 0 spiro atoms. The van der Waals surface area contributed by atoms with Crippen LogP contribution in [0.25, 0.3) is 0 Å². The highest BCUT2D eigenvalue weighted by atomic mass is 31.2. The molecule has 0 aromatic rings. The zero-order valence-corrected chi connectivity index (χ0v) is 18.1. The Balaban J connectivity index is 3.41. The average molecular weight is 379 g/mol. The summed E-state index contributed by atoms with van der Waals surface area (Å²) in [4.78, 5) is 17.7. The third-order valence-electron chi connectivity index (χ3n) is 5.08. The normalized spacial score (nSPS) is 12.7. The van der Waals surface area contributed by atoms with E-state index in [9.17, 15) is 4.57 Å². The SMILES string of the molecule is CCCCCCCCCCCC[N+](C)(C)CCCCCCP(=O)(O)O. The molecule has 5 heteroatoms. The summed E-state index contributed by atoms with van der Waals surface area (Å²) in [6.07, 6.45) is 17.7. The summed E-state index contributed by atoms with van der Waals surface area (Å²) < 4.78 is 11.9. The fraction of sp³-hybridized carbons (Fsp3) is 1.00. The van der Waals surface area contributed by atoms with Gasteiger partial charge in [-0.1, -0.05) is 64.7 Å². The van der Waals surface area contributed by atoms with Gasteiger partial charge in [0.1, 0.15) is 0 Å². The zero-order chi connectivity index (χ0) is 19.0. The summed E-state index contributed by atoms with van der Waals surface area (Å²) in [5.41, 5.74) is 0. The molecular formula is C20H45NO3P+. The second kappa shape index (κ2) is 15.2. The first kappa shape index (κ1) is 25.1. The molecule has 0 aromatic carbocycles.